The van der Waals surface area contributed by atoms with Crippen LogP contribution in [0.25, 0.3) is 0 Å². The molecule has 0 saturated heterocycles. The Bertz CT molecular complexity index is 1000. The summed E-state index contributed by atoms with van der Waals surface area (Å²) < 4.78 is 88.5. The zero-order valence-electron chi connectivity index (χ0n) is 16.1. The molecule has 0 bridgehead atoms. The highest BCUT2D eigenvalue weighted by atomic mass is 19.4. The van der Waals surface area contributed by atoms with Gasteiger partial charge in [-0.2, -0.15) is 22.0 Å². The molecule has 1 aromatic carbocycles. The minimum atomic E-state index is -4.67. The predicted octanol–water partition coefficient (Wildman–Crippen LogP) is 4.96. The number of nitrogens with one attached hydrogen (secondary N) is 1. The summed E-state index contributed by atoms with van der Waals surface area (Å²) in [6.07, 6.45) is -4.67. The highest BCUT2D eigenvalue weighted by Crippen LogP contribution is 2.52. The van der Waals surface area contributed by atoms with E-state index in [0.29, 0.717) is 0 Å². The van der Waals surface area contributed by atoms with Crippen molar-refractivity contribution in [1.29, 1.82) is 0 Å². The van der Waals surface area contributed by atoms with Crippen molar-refractivity contribution in [2.24, 2.45) is 10.7 Å². The number of anilines is 2. The lowest BCUT2D eigenvalue weighted by atomic mass is 9.77. The van der Waals surface area contributed by atoms with Crippen molar-refractivity contribution >= 4 is 17.5 Å². The Hall–Kier alpha value is -2.98. The van der Waals surface area contributed by atoms with Gasteiger partial charge in [0.2, 0.25) is 0 Å². The third kappa shape index (κ3) is 3.52. The van der Waals surface area contributed by atoms with Gasteiger partial charge in [0.25, 0.3) is 6.02 Å². The van der Waals surface area contributed by atoms with Crippen LogP contribution in [0, 0.1) is 5.82 Å². The summed E-state index contributed by atoms with van der Waals surface area (Å²) in [5, 5.41) is 2.57. The Kier molecular flexibility index (Phi) is 4.91. The van der Waals surface area contributed by atoms with Crippen LogP contribution in [-0.4, -0.2) is 22.5 Å². The fourth-order valence-corrected chi connectivity index (χ4v) is 3.24. The van der Waals surface area contributed by atoms with E-state index >= 15 is 8.78 Å². The maximum absolute atomic E-state index is 15.2. The van der Waals surface area contributed by atoms with E-state index < -0.39 is 46.3 Å². The van der Waals surface area contributed by atoms with E-state index in [1.165, 1.54) is 12.1 Å². The third-order valence-electron chi connectivity index (χ3n) is 4.86. The van der Waals surface area contributed by atoms with Gasteiger partial charge in [-0.15, -0.1) is 0 Å². The molecule has 1 atom stereocenters. The van der Waals surface area contributed by atoms with Crippen LogP contribution in [0.3, 0.4) is 0 Å². The number of ether oxygens (including phenoxy) is 1. The standard InChI is InChI=1S/C19H18F6N4O/c1-16(2)19(24,25)17(3,29-15(26)30-16)11-9-10(7-8-12(11)20)27-14-6-4-5-13(28-14)18(21,22)23/h4-9H,1-3H3,(H2,26,29)(H,27,28)/t17-/m1/s1. The molecular weight excluding hydrogens is 414 g/mol. The first-order chi connectivity index (χ1) is 13.7. The summed E-state index contributed by atoms with van der Waals surface area (Å²) in [5.74, 6) is -4.87. The van der Waals surface area contributed by atoms with E-state index in [0.717, 1.165) is 45.0 Å². The number of rotatable bonds is 3. The molecule has 1 aromatic heterocycles. The molecule has 0 saturated carbocycles. The molecule has 0 aliphatic carbocycles. The Morgan fingerprint density at radius 2 is 1.73 bits per heavy atom. The average molecular weight is 432 g/mol. The second-order valence-corrected chi connectivity index (χ2v) is 7.43. The monoisotopic (exact) mass is 432 g/mol. The van der Waals surface area contributed by atoms with Crippen molar-refractivity contribution in [2.45, 2.75) is 44.0 Å². The zero-order chi connectivity index (χ0) is 22.5. The number of alkyl halides is 5. The van der Waals surface area contributed by atoms with E-state index in [-0.39, 0.29) is 11.5 Å². The maximum atomic E-state index is 15.2. The minimum Gasteiger partial charge on any atom is -0.453 e. The molecule has 0 amide bonds. The zero-order valence-corrected chi connectivity index (χ0v) is 16.1. The second kappa shape index (κ2) is 6.78. The van der Waals surface area contributed by atoms with E-state index in [9.17, 15) is 17.6 Å². The van der Waals surface area contributed by atoms with Crippen molar-refractivity contribution in [2.75, 3.05) is 5.32 Å². The van der Waals surface area contributed by atoms with Gasteiger partial charge in [-0.3, -0.25) is 0 Å². The Morgan fingerprint density at radius 1 is 1.07 bits per heavy atom. The number of aliphatic imine (C=N–C) groups is 1. The molecule has 1 aliphatic rings. The molecule has 5 nitrogen and oxygen atoms in total. The van der Waals surface area contributed by atoms with Gasteiger partial charge in [0.1, 0.15) is 17.3 Å². The average Bonchev–Trinajstić information content (AvgIpc) is 2.61. The summed E-state index contributed by atoms with van der Waals surface area (Å²) >= 11 is 0. The van der Waals surface area contributed by atoms with Gasteiger partial charge < -0.3 is 15.8 Å². The number of hydrogen-bond acceptors (Lipinski definition) is 5. The third-order valence-corrected chi connectivity index (χ3v) is 4.86. The molecule has 30 heavy (non-hydrogen) atoms. The van der Waals surface area contributed by atoms with Crippen molar-refractivity contribution in [3.05, 3.63) is 53.5 Å². The Balaban J connectivity index is 2.05. The van der Waals surface area contributed by atoms with Crippen molar-refractivity contribution in [3.8, 4) is 0 Å². The second-order valence-electron chi connectivity index (χ2n) is 7.43. The minimum absolute atomic E-state index is 0.0355. The van der Waals surface area contributed by atoms with Crippen LogP contribution in [0.15, 0.2) is 41.4 Å². The number of halogens is 6. The fraction of sp³-hybridized carbons (Fsp3) is 0.368. The summed E-state index contributed by atoms with van der Waals surface area (Å²) in [4.78, 5) is 7.12. The molecule has 2 heterocycles. The first-order valence-electron chi connectivity index (χ1n) is 8.71. The van der Waals surface area contributed by atoms with Gasteiger partial charge in [-0.25, -0.2) is 14.4 Å². The summed E-state index contributed by atoms with van der Waals surface area (Å²) in [5.41, 5.74) is -0.583. The van der Waals surface area contributed by atoms with Gasteiger partial charge in [-0.05, 0) is 51.1 Å². The van der Waals surface area contributed by atoms with Crippen LogP contribution in [0.2, 0.25) is 0 Å². The van der Waals surface area contributed by atoms with Crippen molar-refractivity contribution in [3.63, 3.8) is 0 Å². The van der Waals surface area contributed by atoms with Gasteiger partial charge in [0, 0.05) is 11.3 Å². The highest BCUT2D eigenvalue weighted by Gasteiger charge is 2.66. The van der Waals surface area contributed by atoms with E-state index in [4.69, 9.17) is 10.5 Å². The number of amidine groups is 1. The smallest absolute Gasteiger partial charge is 0.433 e. The molecule has 3 rings (SSSR count). The molecule has 3 N–H and O–H groups in total. The van der Waals surface area contributed by atoms with Crippen LogP contribution in [0.1, 0.15) is 32.0 Å². The number of aromatic nitrogens is 1. The fourth-order valence-electron chi connectivity index (χ4n) is 3.24. The summed E-state index contributed by atoms with van der Waals surface area (Å²) in [7, 11) is 0. The molecule has 0 fully saturated rings. The summed E-state index contributed by atoms with van der Waals surface area (Å²) in [6.45, 7) is 3.20. The first kappa shape index (κ1) is 21.7. The van der Waals surface area contributed by atoms with Gasteiger partial charge in [-0.1, -0.05) is 6.07 Å². The lowest BCUT2D eigenvalue weighted by Gasteiger charge is -2.46. The lowest BCUT2D eigenvalue weighted by Crippen LogP contribution is -2.62. The number of benzene rings is 1. The Morgan fingerprint density at radius 3 is 2.37 bits per heavy atom. The number of nitrogens with zero attached hydrogens (tertiary/aromatic N) is 2. The van der Waals surface area contributed by atoms with Gasteiger partial charge >= 0.3 is 12.1 Å². The number of nitrogens with two attached hydrogens (primary N) is 1. The SMILES string of the molecule is CC1(C)OC(N)=N[C@](C)(c2cc(Nc3cccc(C(F)(F)F)n3)ccc2F)C1(F)F. The largest absolute Gasteiger partial charge is 0.453 e. The molecule has 11 heteroatoms. The normalized spacial score (nSPS) is 22.8. The number of hydrogen-bond donors (Lipinski definition) is 2. The molecule has 0 spiro atoms. The van der Waals surface area contributed by atoms with Crippen LogP contribution >= 0.6 is 0 Å². The highest BCUT2D eigenvalue weighted by molar-refractivity contribution is 5.74. The lowest BCUT2D eigenvalue weighted by molar-refractivity contribution is -0.207. The van der Waals surface area contributed by atoms with Crippen molar-refractivity contribution in [1.82, 2.24) is 4.98 Å². The number of pyridine rings is 1. The Labute approximate surface area is 168 Å². The van der Waals surface area contributed by atoms with E-state index in [1.807, 2.05) is 0 Å². The first-order valence-corrected chi connectivity index (χ1v) is 8.71. The van der Waals surface area contributed by atoms with E-state index in [2.05, 4.69) is 15.3 Å². The molecule has 162 valence electrons. The van der Waals surface area contributed by atoms with Crippen LogP contribution < -0.4 is 11.1 Å². The molecular formula is C19H18F6N4O. The molecule has 0 unspecified atom stereocenters. The van der Waals surface area contributed by atoms with Crippen molar-refractivity contribution < 1.29 is 31.1 Å². The molecule has 2 aromatic rings. The maximum Gasteiger partial charge on any atom is 0.433 e. The van der Waals surface area contributed by atoms with E-state index in [1.54, 1.807) is 0 Å². The molecule has 1 aliphatic heterocycles. The summed E-state index contributed by atoms with van der Waals surface area (Å²) in [6, 6.07) is 5.74. The quantitative estimate of drug-likeness (QED) is 0.673. The topological polar surface area (TPSA) is 72.5 Å². The molecule has 0 radical (unpaired) electrons. The van der Waals surface area contributed by atoms with Gasteiger partial charge in [0.05, 0.1) is 0 Å². The van der Waals surface area contributed by atoms with Crippen LogP contribution in [0.5, 0.6) is 0 Å². The predicted molar refractivity (Wildman–Crippen MR) is 98.0 cm³/mol. The van der Waals surface area contributed by atoms with Crippen LogP contribution in [0.4, 0.5) is 37.8 Å². The van der Waals surface area contributed by atoms with Gasteiger partial charge in [0.15, 0.2) is 11.1 Å². The van der Waals surface area contributed by atoms with Crippen LogP contribution in [-0.2, 0) is 16.5 Å².